The van der Waals surface area contributed by atoms with E-state index in [0.717, 1.165) is 32.5 Å². The van der Waals surface area contributed by atoms with Gasteiger partial charge in [0, 0.05) is 32.4 Å². The van der Waals surface area contributed by atoms with Crippen LogP contribution < -0.4 is 10.2 Å². The topological polar surface area (TPSA) is 35.5 Å². The van der Waals surface area contributed by atoms with Gasteiger partial charge in [0.25, 0.3) is 0 Å². The van der Waals surface area contributed by atoms with Gasteiger partial charge < -0.3 is 15.3 Å². The maximum absolute atomic E-state index is 8.67. The van der Waals surface area contributed by atoms with Crippen molar-refractivity contribution in [3.05, 3.63) is 29.3 Å². The molecule has 1 aliphatic rings. The van der Waals surface area contributed by atoms with Crippen LogP contribution in [0.4, 0.5) is 5.69 Å². The lowest BCUT2D eigenvalue weighted by molar-refractivity contribution is 0.286. The molecule has 1 aromatic rings. The Kier molecular flexibility index (Phi) is 3.80. The van der Waals surface area contributed by atoms with Crippen molar-refractivity contribution in [2.24, 2.45) is 0 Å². The van der Waals surface area contributed by atoms with E-state index in [2.05, 4.69) is 35.5 Å². The van der Waals surface area contributed by atoms with Crippen LogP contribution >= 0.6 is 0 Å². The van der Waals surface area contributed by atoms with Crippen LogP contribution in [0.2, 0.25) is 0 Å². The SMILES string of the molecule is CN1CCc2cc(CNCCCO)ccc21. The number of hydrogen-bond donors (Lipinski definition) is 2. The quantitative estimate of drug-likeness (QED) is 0.731. The summed E-state index contributed by atoms with van der Waals surface area (Å²) >= 11 is 0. The lowest BCUT2D eigenvalue weighted by Crippen LogP contribution is -2.15. The predicted octanol–water partition coefficient (Wildman–Crippen LogP) is 1.15. The maximum atomic E-state index is 8.67. The number of anilines is 1. The van der Waals surface area contributed by atoms with Crippen LogP contribution in [0.15, 0.2) is 18.2 Å². The molecule has 0 saturated carbocycles. The molecule has 1 aromatic carbocycles. The van der Waals surface area contributed by atoms with Gasteiger partial charge in [0.05, 0.1) is 0 Å². The molecule has 1 aliphatic heterocycles. The van der Waals surface area contributed by atoms with Crippen LogP contribution in [0.5, 0.6) is 0 Å². The lowest BCUT2D eigenvalue weighted by Gasteiger charge is -2.12. The number of nitrogens with zero attached hydrogens (tertiary/aromatic N) is 1. The number of benzene rings is 1. The van der Waals surface area contributed by atoms with Crippen molar-refractivity contribution in [2.75, 3.05) is 31.6 Å². The maximum Gasteiger partial charge on any atom is 0.0443 e. The number of aliphatic hydroxyl groups is 1. The Balaban J connectivity index is 1.92. The van der Waals surface area contributed by atoms with Gasteiger partial charge in [0.1, 0.15) is 0 Å². The Bertz CT molecular complexity index is 352. The van der Waals surface area contributed by atoms with Crippen molar-refractivity contribution in [1.29, 1.82) is 0 Å². The molecule has 0 atom stereocenters. The van der Waals surface area contributed by atoms with E-state index in [1.54, 1.807) is 0 Å². The second kappa shape index (κ2) is 5.32. The number of rotatable bonds is 5. The largest absolute Gasteiger partial charge is 0.396 e. The summed E-state index contributed by atoms with van der Waals surface area (Å²) in [5.41, 5.74) is 4.18. The summed E-state index contributed by atoms with van der Waals surface area (Å²) in [6.07, 6.45) is 1.99. The van der Waals surface area contributed by atoms with Crippen molar-refractivity contribution in [3.63, 3.8) is 0 Å². The number of hydrogen-bond acceptors (Lipinski definition) is 3. The van der Waals surface area contributed by atoms with Crippen LogP contribution in [0.1, 0.15) is 17.5 Å². The minimum absolute atomic E-state index is 0.266. The fraction of sp³-hybridized carbons (Fsp3) is 0.538. The standard InChI is InChI=1S/C13H20N2O/c1-15-7-5-12-9-11(3-4-13(12)15)10-14-6-2-8-16/h3-4,9,14,16H,2,5-8,10H2,1H3. The smallest absolute Gasteiger partial charge is 0.0443 e. The first-order valence-electron chi connectivity index (χ1n) is 5.96. The second-order valence-corrected chi connectivity index (χ2v) is 4.39. The molecule has 0 saturated heterocycles. The third kappa shape index (κ3) is 2.54. The van der Waals surface area contributed by atoms with E-state index in [1.165, 1.54) is 16.8 Å². The first-order valence-corrected chi connectivity index (χ1v) is 5.96. The summed E-state index contributed by atoms with van der Waals surface area (Å²) in [5.74, 6) is 0. The number of fused-ring (bicyclic) bond motifs is 1. The Morgan fingerprint density at radius 3 is 3.12 bits per heavy atom. The summed E-state index contributed by atoms with van der Waals surface area (Å²) in [7, 11) is 2.14. The van der Waals surface area contributed by atoms with Gasteiger partial charge in [-0.2, -0.15) is 0 Å². The fourth-order valence-corrected chi connectivity index (χ4v) is 2.17. The molecule has 0 amide bonds. The van der Waals surface area contributed by atoms with Crippen LogP contribution in [-0.4, -0.2) is 31.9 Å². The average Bonchev–Trinajstić information content (AvgIpc) is 2.66. The van der Waals surface area contributed by atoms with Crippen LogP contribution in [0.3, 0.4) is 0 Å². The summed E-state index contributed by atoms with van der Waals surface area (Å²) in [4.78, 5) is 2.30. The highest BCUT2D eigenvalue weighted by Gasteiger charge is 2.14. The zero-order valence-corrected chi connectivity index (χ0v) is 9.87. The van der Waals surface area contributed by atoms with E-state index in [9.17, 15) is 0 Å². The number of aliphatic hydroxyl groups excluding tert-OH is 1. The first-order chi connectivity index (χ1) is 7.81. The van der Waals surface area contributed by atoms with Crippen LogP contribution in [0, 0.1) is 0 Å². The van der Waals surface area contributed by atoms with Crippen molar-refractivity contribution >= 4 is 5.69 Å². The Morgan fingerprint density at radius 2 is 2.31 bits per heavy atom. The summed E-state index contributed by atoms with van der Waals surface area (Å²) in [6, 6.07) is 6.70. The van der Waals surface area contributed by atoms with Gasteiger partial charge in [-0.1, -0.05) is 12.1 Å². The monoisotopic (exact) mass is 220 g/mol. The molecular weight excluding hydrogens is 200 g/mol. The average molecular weight is 220 g/mol. The first kappa shape index (κ1) is 11.4. The predicted molar refractivity (Wildman–Crippen MR) is 66.8 cm³/mol. The molecule has 0 bridgehead atoms. The molecular formula is C13H20N2O. The molecule has 88 valence electrons. The Hall–Kier alpha value is -1.06. The Labute approximate surface area is 97.1 Å². The van der Waals surface area contributed by atoms with Gasteiger partial charge in [0.15, 0.2) is 0 Å². The van der Waals surface area contributed by atoms with E-state index in [4.69, 9.17) is 5.11 Å². The molecule has 0 fully saturated rings. The molecule has 0 radical (unpaired) electrons. The van der Waals surface area contributed by atoms with Crippen molar-refractivity contribution in [2.45, 2.75) is 19.4 Å². The van der Waals surface area contributed by atoms with Crippen molar-refractivity contribution < 1.29 is 5.11 Å². The zero-order chi connectivity index (χ0) is 11.4. The molecule has 16 heavy (non-hydrogen) atoms. The normalized spacial score (nSPS) is 14.2. The fourth-order valence-electron chi connectivity index (χ4n) is 2.17. The van der Waals surface area contributed by atoms with E-state index in [-0.39, 0.29) is 6.61 Å². The van der Waals surface area contributed by atoms with Crippen LogP contribution in [-0.2, 0) is 13.0 Å². The highest BCUT2D eigenvalue weighted by atomic mass is 16.3. The summed E-state index contributed by atoms with van der Waals surface area (Å²) in [5, 5.41) is 12.0. The second-order valence-electron chi connectivity index (χ2n) is 4.39. The van der Waals surface area contributed by atoms with Gasteiger partial charge in [-0.15, -0.1) is 0 Å². The lowest BCUT2D eigenvalue weighted by atomic mass is 10.1. The van der Waals surface area contributed by atoms with E-state index in [0.29, 0.717) is 0 Å². The van der Waals surface area contributed by atoms with E-state index in [1.807, 2.05) is 0 Å². The van der Waals surface area contributed by atoms with E-state index < -0.39 is 0 Å². The summed E-state index contributed by atoms with van der Waals surface area (Å²) < 4.78 is 0. The molecule has 2 N–H and O–H groups in total. The number of likely N-dealkylation sites (N-methyl/N-ethyl adjacent to an activating group) is 1. The highest BCUT2D eigenvalue weighted by Crippen LogP contribution is 2.27. The van der Waals surface area contributed by atoms with Gasteiger partial charge in [-0.05, 0) is 36.6 Å². The summed E-state index contributed by atoms with van der Waals surface area (Å²) in [6.45, 7) is 3.18. The molecule has 3 heteroatoms. The highest BCUT2D eigenvalue weighted by molar-refractivity contribution is 5.58. The van der Waals surface area contributed by atoms with Gasteiger partial charge in [0.2, 0.25) is 0 Å². The van der Waals surface area contributed by atoms with Crippen molar-refractivity contribution in [3.8, 4) is 0 Å². The molecule has 3 nitrogen and oxygen atoms in total. The molecule has 0 unspecified atom stereocenters. The Morgan fingerprint density at radius 1 is 1.44 bits per heavy atom. The van der Waals surface area contributed by atoms with Gasteiger partial charge >= 0.3 is 0 Å². The third-order valence-corrected chi connectivity index (χ3v) is 3.11. The van der Waals surface area contributed by atoms with Gasteiger partial charge in [-0.25, -0.2) is 0 Å². The molecule has 2 rings (SSSR count). The van der Waals surface area contributed by atoms with E-state index >= 15 is 0 Å². The van der Waals surface area contributed by atoms with Crippen LogP contribution in [0.25, 0.3) is 0 Å². The minimum Gasteiger partial charge on any atom is -0.396 e. The molecule has 0 spiro atoms. The zero-order valence-electron chi connectivity index (χ0n) is 9.87. The minimum atomic E-state index is 0.266. The molecule has 1 heterocycles. The van der Waals surface area contributed by atoms with Crippen molar-refractivity contribution in [1.82, 2.24) is 5.32 Å². The third-order valence-electron chi connectivity index (χ3n) is 3.11. The van der Waals surface area contributed by atoms with Gasteiger partial charge in [-0.3, -0.25) is 0 Å². The molecule has 0 aromatic heterocycles. The number of nitrogens with one attached hydrogen (secondary N) is 1. The molecule has 0 aliphatic carbocycles.